The van der Waals surface area contributed by atoms with Gasteiger partial charge in [0.15, 0.2) is 0 Å². The lowest BCUT2D eigenvalue weighted by molar-refractivity contribution is -0.114. The molecule has 0 fully saturated rings. The fourth-order valence-electron chi connectivity index (χ4n) is 0.956. The Balaban J connectivity index is 3.04. The second kappa shape index (κ2) is 3.38. The number of amides is 1. The molecule has 1 aliphatic rings. The van der Waals surface area contributed by atoms with Crippen molar-refractivity contribution in [2.45, 2.75) is 6.92 Å². The lowest BCUT2D eigenvalue weighted by Crippen LogP contribution is -2.27. The number of hydrogen-bond donors (Lipinski definition) is 1. The molecule has 0 aromatic rings. The number of nitrogens with zero attached hydrogens (tertiary/aromatic N) is 3. The zero-order chi connectivity index (χ0) is 10.0. The van der Waals surface area contributed by atoms with Crippen molar-refractivity contribution in [3.8, 4) is 0 Å². The molecule has 5 nitrogen and oxygen atoms in total. The zero-order valence-electron chi connectivity index (χ0n) is 7.90. The van der Waals surface area contributed by atoms with Gasteiger partial charge in [-0.05, 0) is 6.92 Å². The standard InChI is InChI=1S/C8H12N4O/c1-5-10-7(9)6(4-12(2)3)8(13)11-5/h4H,1-3H3,(H2,9,10,11,13)/b6-4+. The third-order valence-corrected chi connectivity index (χ3v) is 1.44. The van der Waals surface area contributed by atoms with Crippen LogP contribution in [0.2, 0.25) is 0 Å². The first-order valence-corrected chi connectivity index (χ1v) is 3.83. The molecule has 1 rings (SSSR count). The zero-order valence-corrected chi connectivity index (χ0v) is 7.90. The lowest BCUT2D eigenvalue weighted by atomic mass is 10.2. The van der Waals surface area contributed by atoms with Crippen LogP contribution in [-0.4, -0.2) is 36.6 Å². The molecule has 0 aliphatic carbocycles. The summed E-state index contributed by atoms with van der Waals surface area (Å²) in [6.07, 6.45) is 1.61. The number of nitrogens with two attached hydrogens (primary N) is 1. The highest BCUT2D eigenvalue weighted by Crippen LogP contribution is 2.05. The van der Waals surface area contributed by atoms with Crippen molar-refractivity contribution in [2.75, 3.05) is 14.1 Å². The summed E-state index contributed by atoms with van der Waals surface area (Å²) in [6.45, 7) is 1.64. The second-order valence-corrected chi connectivity index (χ2v) is 2.97. The summed E-state index contributed by atoms with van der Waals surface area (Å²) in [6, 6.07) is 0. The van der Waals surface area contributed by atoms with Gasteiger partial charge in [-0.1, -0.05) is 0 Å². The van der Waals surface area contributed by atoms with Gasteiger partial charge in [0.2, 0.25) is 0 Å². The van der Waals surface area contributed by atoms with E-state index in [4.69, 9.17) is 5.73 Å². The number of hydrogen-bond acceptors (Lipinski definition) is 4. The minimum atomic E-state index is -0.335. The van der Waals surface area contributed by atoms with Gasteiger partial charge in [0.25, 0.3) is 5.91 Å². The average molecular weight is 180 g/mol. The smallest absolute Gasteiger partial charge is 0.283 e. The monoisotopic (exact) mass is 180 g/mol. The maximum atomic E-state index is 11.3. The average Bonchev–Trinajstić information content (AvgIpc) is 1.96. The van der Waals surface area contributed by atoms with E-state index >= 15 is 0 Å². The summed E-state index contributed by atoms with van der Waals surface area (Å²) in [5, 5.41) is 0. The normalized spacial score (nSPS) is 19.9. The van der Waals surface area contributed by atoms with Crippen LogP contribution < -0.4 is 5.73 Å². The van der Waals surface area contributed by atoms with Crippen LogP contribution >= 0.6 is 0 Å². The van der Waals surface area contributed by atoms with E-state index in [2.05, 4.69) is 9.98 Å². The molecule has 5 heteroatoms. The van der Waals surface area contributed by atoms with Gasteiger partial charge in [0, 0.05) is 20.3 Å². The molecule has 0 radical (unpaired) electrons. The molecule has 0 saturated heterocycles. The van der Waals surface area contributed by atoms with Gasteiger partial charge >= 0.3 is 0 Å². The van der Waals surface area contributed by atoms with Crippen LogP contribution in [0, 0.1) is 0 Å². The fraction of sp³-hybridized carbons (Fsp3) is 0.375. The highest BCUT2D eigenvalue weighted by Gasteiger charge is 2.17. The first-order valence-electron chi connectivity index (χ1n) is 3.83. The first kappa shape index (κ1) is 9.44. The molecular formula is C8H12N4O. The molecule has 1 heterocycles. The minimum absolute atomic E-state index is 0.228. The molecule has 0 bridgehead atoms. The van der Waals surface area contributed by atoms with Gasteiger partial charge in [-0.2, -0.15) is 4.99 Å². The Labute approximate surface area is 76.7 Å². The fourth-order valence-corrected chi connectivity index (χ4v) is 0.956. The molecule has 0 spiro atoms. The Kier molecular flexibility index (Phi) is 2.46. The summed E-state index contributed by atoms with van der Waals surface area (Å²) in [5.41, 5.74) is 5.90. The molecular weight excluding hydrogens is 168 g/mol. The van der Waals surface area contributed by atoms with Crippen molar-refractivity contribution >= 4 is 17.6 Å². The lowest BCUT2D eigenvalue weighted by Gasteiger charge is -2.11. The van der Waals surface area contributed by atoms with Crippen molar-refractivity contribution in [3.05, 3.63) is 11.8 Å². The highest BCUT2D eigenvalue weighted by atomic mass is 16.1. The number of carbonyl (C=O) groups excluding carboxylic acids is 1. The topological polar surface area (TPSA) is 71.0 Å². The maximum absolute atomic E-state index is 11.3. The van der Waals surface area contributed by atoms with Gasteiger partial charge in [0.1, 0.15) is 11.7 Å². The van der Waals surface area contributed by atoms with Crippen molar-refractivity contribution in [3.63, 3.8) is 0 Å². The van der Waals surface area contributed by atoms with Crippen LogP contribution in [0.5, 0.6) is 0 Å². The maximum Gasteiger partial charge on any atom is 0.283 e. The van der Waals surface area contributed by atoms with E-state index in [-0.39, 0.29) is 11.7 Å². The predicted octanol–water partition coefficient (Wildman–Crippen LogP) is -0.252. The van der Waals surface area contributed by atoms with E-state index in [9.17, 15) is 4.79 Å². The molecule has 70 valence electrons. The molecule has 0 unspecified atom stereocenters. The third kappa shape index (κ3) is 2.14. The van der Waals surface area contributed by atoms with Crippen LogP contribution in [-0.2, 0) is 4.79 Å². The van der Waals surface area contributed by atoms with Gasteiger partial charge in [0.05, 0.1) is 5.57 Å². The van der Waals surface area contributed by atoms with E-state index in [1.54, 1.807) is 32.1 Å². The summed E-state index contributed by atoms with van der Waals surface area (Å²) in [7, 11) is 3.61. The van der Waals surface area contributed by atoms with Crippen LogP contribution in [0.15, 0.2) is 21.8 Å². The molecule has 13 heavy (non-hydrogen) atoms. The summed E-state index contributed by atoms with van der Waals surface area (Å²) >= 11 is 0. The third-order valence-electron chi connectivity index (χ3n) is 1.44. The molecule has 0 aromatic heterocycles. The van der Waals surface area contributed by atoms with Gasteiger partial charge in [-0.25, -0.2) is 4.99 Å². The highest BCUT2D eigenvalue weighted by molar-refractivity contribution is 6.27. The number of aliphatic imine (C=N–C) groups is 2. The SMILES string of the molecule is CC1=NC(=O)/C(=C/N(C)C)C(N)=N1. The Hall–Kier alpha value is -1.65. The molecule has 1 aliphatic heterocycles. The van der Waals surface area contributed by atoms with E-state index in [0.717, 1.165) is 0 Å². The summed E-state index contributed by atoms with van der Waals surface area (Å²) < 4.78 is 0. The van der Waals surface area contributed by atoms with Crippen molar-refractivity contribution in [1.82, 2.24) is 4.90 Å². The van der Waals surface area contributed by atoms with E-state index in [0.29, 0.717) is 11.4 Å². The predicted molar refractivity (Wildman–Crippen MR) is 51.5 cm³/mol. The van der Waals surface area contributed by atoms with Crippen LogP contribution in [0.1, 0.15) is 6.92 Å². The quantitative estimate of drug-likeness (QED) is 0.565. The van der Waals surface area contributed by atoms with Crippen LogP contribution in [0.25, 0.3) is 0 Å². The van der Waals surface area contributed by atoms with Crippen molar-refractivity contribution in [1.29, 1.82) is 0 Å². The minimum Gasteiger partial charge on any atom is -0.383 e. The number of amidine groups is 2. The van der Waals surface area contributed by atoms with E-state index in [1.807, 2.05) is 0 Å². The summed E-state index contributed by atoms with van der Waals surface area (Å²) in [5.74, 6) is 0.295. The Morgan fingerprint density at radius 3 is 2.46 bits per heavy atom. The van der Waals surface area contributed by atoms with E-state index < -0.39 is 0 Å². The van der Waals surface area contributed by atoms with Gasteiger partial charge < -0.3 is 10.6 Å². The molecule has 0 saturated carbocycles. The molecule has 0 atom stereocenters. The Morgan fingerprint density at radius 1 is 1.38 bits per heavy atom. The van der Waals surface area contributed by atoms with Gasteiger partial charge in [-0.3, -0.25) is 4.79 Å². The summed E-state index contributed by atoms with van der Waals surface area (Å²) in [4.78, 5) is 20.6. The largest absolute Gasteiger partial charge is 0.383 e. The van der Waals surface area contributed by atoms with Crippen LogP contribution in [0.3, 0.4) is 0 Å². The Bertz CT molecular complexity index is 325. The number of carbonyl (C=O) groups is 1. The van der Waals surface area contributed by atoms with Crippen molar-refractivity contribution < 1.29 is 4.79 Å². The van der Waals surface area contributed by atoms with Crippen LogP contribution in [0.4, 0.5) is 0 Å². The van der Waals surface area contributed by atoms with E-state index in [1.165, 1.54) is 0 Å². The molecule has 2 N–H and O–H groups in total. The Morgan fingerprint density at radius 2 is 2.00 bits per heavy atom. The molecule has 0 aromatic carbocycles. The van der Waals surface area contributed by atoms with Crippen molar-refractivity contribution in [2.24, 2.45) is 15.7 Å². The molecule has 1 amide bonds. The number of rotatable bonds is 1. The first-order chi connectivity index (χ1) is 6.00. The van der Waals surface area contributed by atoms with Gasteiger partial charge in [-0.15, -0.1) is 0 Å². The second-order valence-electron chi connectivity index (χ2n) is 2.97.